The van der Waals surface area contributed by atoms with Crippen molar-refractivity contribution in [2.45, 2.75) is 142 Å². The molecule has 10 nitrogen and oxygen atoms in total. The number of rotatable bonds is 26. The molecule has 0 aromatic heterocycles. The van der Waals surface area contributed by atoms with Gasteiger partial charge < -0.3 is 19.2 Å². The normalized spacial score (nSPS) is 11.6. The van der Waals surface area contributed by atoms with Crippen LogP contribution in [0.5, 0.6) is 0 Å². The molecule has 0 aliphatic carbocycles. The summed E-state index contributed by atoms with van der Waals surface area (Å²) in [5.41, 5.74) is 0. The minimum atomic E-state index is -4.29. The fourth-order valence-corrected chi connectivity index (χ4v) is 4.26. The molecule has 0 amide bonds. The van der Waals surface area contributed by atoms with Gasteiger partial charge in [-0.05, 0) is 12.8 Å². The zero-order valence-corrected chi connectivity index (χ0v) is 27.8. The first-order chi connectivity index (χ1) is 17.2. The van der Waals surface area contributed by atoms with E-state index in [2.05, 4.69) is 30.9 Å². The monoisotopic (exact) mass is 626 g/mol. The Kier molecular flexibility index (Phi) is 34.8. The van der Waals surface area contributed by atoms with Crippen molar-refractivity contribution in [3.05, 3.63) is 0 Å². The standard InChI is InChI=1S/2C12H26O5S.Zn/c2*1-2-3-4-5-6-7-8-9-10-11-12-16-18(14,15)17-13;/h2*13H,2-12H2,1H3;/q;;+2/p-2. The van der Waals surface area contributed by atoms with E-state index in [1.54, 1.807) is 0 Å². The van der Waals surface area contributed by atoms with Crippen molar-refractivity contribution in [3.63, 3.8) is 0 Å². The van der Waals surface area contributed by atoms with Crippen molar-refractivity contribution in [2.75, 3.05) is 13.2 Å². The molecule has 0 saturated carbocycles. The molecular weight excluding hydrogens is 578 g/mol. The average molecular weight is 628 g/mol. The zero-order valence-electron chi connectivity index (χ0n) is 23.2. The molecule has 0 N–H and O–H groups in total. The fourth-order valence-electron chi connectivity index (χ4n) is 3.54. The number of unbranched alkanes of at least 4 members (excludes halogenated alkanes) is 18. The topological polar surface area (TPSA) is 151 Å². The van der Waals surface area contributed by atoms with E-state index in [0.717, 1.165) is 25.7 Å². The van der Waals surface area contributed by atoms with Crippen LogP contribution in [0.3, 0.4) is 0 Å². The van der Waals surface area contributed by atoms with Crippen LogP contribution in [0, 0.1) is 0 Å². The third kappa shape index (κ3) is 36.3. The van der Waals surface area contributed by atoms with Gasteiger partial charge in [0.15, 0.2) is 0 Å². The molecule has 0 atom stereocenters. The maximum absolute atomic E-state index is 10.5. The maximum Gasteiger partial charge on any atom is 2.00 e. The van der Waals surface area contributed by atoms with Gasteiger partial charge in [-0.3, -0.25) is 0 Å². The molecule has 0 aromatic carbocycles. The van der Waals surface area contributed by atoms with E-state index in [-0.39, 0.29) is 32.7 Å². The first-order valence-corrected chi connectivity index (χ1v) is 16.3. The second-order valence-corrected chi connectivity index (χ2v) is 11.3. The fraction of sp³-hybridized carbons (Fsp3) is 1.00. The summed E-state index contributed by atoms with van der Waals surface area (Å²) in [5, 5.41) is 19.3. The van der Waals surface area contributed by atoms with Crippen LogP contribution in [0.25, 0.3) is 0 Å². The van der Waals surface area contributed by atoms with Gasteiger partial charge in [-0.15, -0.1) is 0 Å². The van der Waals surface area contributed by atoms with Crippen molar-refractivity contribution >= 4 is 20.8 Å². The third-order valence-electron chi connectivity index (χ3n) is 5.62. The van der Waals surface area contributed by atoms with Crippen LogP contribution in [-0.2, 0) is 57.3 Å². The Morgan fingerprint density at radius 3 is 0.865 bits per heavy atom. The van der Waals surface area contributed by atoms with Crippen LogP contribution in [0.4, 0.5) is 0 Å². The van der Waals surface area contributed by atoms with Gasteiger partial charge in [-0.2, -0.15) is 16.8 Å². The quantitative estimate of drug-likeness (QED) is 0.0559. The Balaban J connectivity index is -0.000000608. The minimum Gasteiger partial charge on any atom is -0.705 e. The van der Waals surface area contributed by atoms with E-state index < -0.39 is 20.8 Å². The van der Waals surface area contributed by atoms with Gasteiger partial charge in [0, 0.05) is 0 Å². The van der Waals surface area contributed by atoms with Crippen molar-refractivity contribution in [2.24, 2.45) is 0 Å². The summed E-state index contributed by atoms with van der Waals surface area (Å²) in [6, 6.07) is 0. The second kappa shape index (κ2) is 30.8. The summed E-state index contributed by atoms with van der Waals surface area (Å²) in [6.07, 6.45) is 23.2. The van der Waals surface area contributed by atoms with E-state index in [0.29, 0.717) is 12.8 Å². The van der Waals surface area contributed by atoms with Crippen molar-refractivity contribution in [1.29, 1.82) is 0 Å². The van der Waals surface area contributed by atoms with Gasteiger partial charge in [0.2, 0.25) is 0 Å². The molecule has 0 spiro atoms. The summed E-state index contributed by atoms with van der Waals surface area (Å²) in [6.45, 7) is 4.47. The van der Waals surface area contributed by atoms with Crippen LogP contribution in [-0.4, -0.2) is 30.0 Å². The Morgan fingerprint density at radius 2 is 0.649 bits per heavy atom. The molecule has 13 heteroatoms. The zero-order chi connectivity index (χ0) is 27.4. The van der Waals surface area contributed by atoms with E-state index >= 15 is 0 Å². The van der Waals surface area contributed by atoms with Crippen LogP contribution in [0.1, 0.15) is 142 Å². The van der Waals surface area contributed by atoms with Gasteiger partial charge >= 0.3 is 40.3 Å². The maximum atomic E-state index is 10.5. The molecule has 0 aliphatic rings. The summed E-state index contributed by atoms with van der Waals surface area (Å²) < 4.78 is 56.4. The van der Waals surface area contributed by atoms with Crippen molar-refractivity contribution in [3.8, 4) is 0 Å². The molecule has 0 aliphatic heterocycles. The van der Waals surface area contributed by atoms with Crippen LogP contribution < -0.4 is 10.5 Å². The van der Waals surface area contributed by atoms with Crippen LogP contribution in [0.15, 0.2) is 0 Å². The number of hydrogen-bond acceptors (Lipinski definition) is 10. The van der Waals surface area contributed by atoms with Gasteiger partial charge in [-0.1, -0.05) is 129 Å². The van der Waals surface area contributed by atoms with E-state index in [1.807, 2.05) is 0 Å². The Bertz CT molecular complexity index is 590. The largest absolute Gasteiger partial charge is 2.00 e. The SMILES string of the molecule is CCCCCCCCCCCCOS(=O)(=O)O[O-].CCCCCCCCCCCCOS(=O)(=O)O[O-].[Zn+2]. The molecule has 0 unspecified atom stereocenters. The molecule has 0 radical (unpaired) electrons. The molecule has 0 rings (SSSR count). The smallest absolute Gasteiger partial charge is 0.705 e. The number of hydrogen-bond donors (Lipinski definition) is 0. The van der Waals surface area contributed by atoms with E-state index in [1.165, 1.54) is 89.9 Å². The minimum absolute atomic E-state index is 0. The van der Waals surface area contributed by atoms with E-state index in [9.17, 15) is 27.4 Å². The van der Waals surface area contributed by atoms with E-state index in [4.69, 9.17) is 0 Å². The second-order valence-electron chi connectivity index (χ2n) is 8.96. The molecule has 0 fully saturated rings. The Hall–Kier alpha value is 0.283. The summed E-state index contributed by atoms with van der Waals surface area (Å²) in [4.78, 5) is 0. The first kappa shape index (κ1) is 41.8. The van der Waals surface area contributed by atoms with Crippen LogP contribution >= 0.6 is 0 Å². The molecule has 37 heavy (non-hydrogen) atoms. The molecular formula is C24H50O10S2Zn. The van der Waals surface area contributed by atoms with Gasteiger partial charge in [-0.25, -0.2) is 8.37 Å². The molecule has 0 heterocycles. The molecule has 0 aromatic rings. The third-order valence-corrected chi connectivity index (χ3v) is 6.86. The molecule has 0 saturated heterocycles. The summed E-state index contributed by atoms with van der Waals surface area (Å²) in [5.74, 6) is 0. The van der Waals surface area contributed by atoms with Crippen molar-refractivity contribution in [1.82, 2.24) is 0 Å². The molecule has 0 bridgehead atoms. The predicted molar refractivity (Wildman–Crippen MR) is 136 cm³/mol. The first-order valence-electron chi connectivity index (χ1n) is 13.7. The van der Waals surface area contributed by atoms with Gasteiger partial charge in [0.25, 0.3) is 0 Å². The average Bonchev–Trinajstić information content (AvgIpc) is 2.86. The predicted octanol–water partition coefficient (Wildman–Crippen LogP) is 4.92. The molecule has 220 valence electrons. The Labute approximate surface area is 239 Å². The van der Waals surface area contributed by atoms with Crippen molar-refractivity contribution < 1.29 is 63.9 Å². The van der Waals surface area contributed by atoms with Gasteiger partial charge in [0.05, 0.1) is 13.2 Å². The van der Waals surface area contributed by atoms with Crippen LogP contribution in [0.2, 0.25) is 0 Å². The Morgan fingerprint density at radius 1 is 0.432 bits per heavy atom. The van der Waals surface area contributed by atoms with Gasteiger partial charge in [0.1, 0.15) is 0 Å². The summed E-state index contributed by atoms with van der Waals surface area (Å²) in [7, 11) is -8.57. The summed E-state index contributed by atoms with van der Waals surface area (Å²) >= 11 is 0.